The minimum absolute atomic E-state index is 0.407. The summed E-state index contributed by atoms with van der Waals surface area (Å²) in [6, 6.07) is 19.0. The van der Waals surface area contributed by atoms with E-state index in [1.54, 1.807) is 7.05 Å². The Balaban J connectivity index is 1.60. The Morgan fingerprint density at radius 2 is 1.92 bits per heavy atom. The van der Waals surface area contributed by atoms with Crippen LogP contribution in [0.3, 0.4) is 0 Å². The molecular weight excluding hydrogens is 320 g/mol. The molecule has 2 aromatic carbocycles. The van der Waals surface area contributed by atoms with Crippen LogP contribution in [0, 0.1) is 6.92 Å². The molecule has 0 saturated heterocycles. The molecule has 0 radical (unpaired) electrons. The molecule has 0 amide bonds. The lowest BCUT2D eigenvalue weighted by Gasteiger charge is -2.17. The van der Waals surface area contributed by atoms with E-state index in [9.17, 15) is 0 Å². The summed E-state index contributed by atoms with van der Waals surface area (Å²) in [5.74, 6) is 1.20. The van der Waals surface area contributed by atoms with Crippen LogP contribution in [0.4, 0.5) is 0 Å². The van der Waals surface area contributed by atoms with Gasteiger partial charge in [0, 0.05) is 25.2 Å². The molecule has 1 aromatic heterocycles. The number of aryl methyl sites for hydroxylation is 1. The number of nitrogens with zero attached hydrogens (tertiary/aromatic N) is 2. The van der Waals surface area contributed by atoms with Crippen LogP contribution in [0.25, 0.3) is 10.8 Å². The fraction of sp³-hybridized carbons (Fsp3) is 0.273. The van der Waals surface area contributed by atoms with Gasteiger partial charge in [-0.1, -0.05) is 61.0 Å². The Labute approximate surface area is 155 Å². The van der Waals surface area contributed by atoms with Crippen LogP contribution in [-0.4, -0.2) is 24.5 Å². The van der Waals surface area contributed by atoms with E-state index in [0.717, 1.165) is 18.2 Å². The monoisotopic (exact) mass is 346 g/mol. The van der Waals surface area contributed by atoms with Gasteiger partial charge >= 0.3 is 0 Å². The van der Waals surface area contributed by atoms with Crippen molar-refractivity contribution in [2.24, 2.45) is 4.99 Å². The lowest BCUT2D eigenvalue weighted by atomic mass is 9.99. The number of aliphatic imine (C=N–C) groups is 1. The molecule has 4 nitrogen and oxygen atoms in total. The number of aromatic nitrogens is 1. The Kier molecular flexibility index (Phi) is 5.84. The average Bonchev–Trinajstić information content (AvgIpc) is 2.68. The number of fused-ring (bicyclic) bond motifs is 1. The van der Waals surface area contributed by atoms with Gasteiger partial charge in [0.25, 0.3) is 0 Å². The topological polar surface area (TPSA) is 49.3 Å². The van der Waals surface area contributed by atoms with Gasteiger partial charge in [-0.25, -0.2) is 0 Å². The number of hydrogen-bond donors (Lipinski definition) is 2. The molecule has 0 saturated carbocycles. The summed E-state index contributed by atoms with van der Waals surface area (Å²) in [5, 5.41) is 9.17. The van der Waals surface area contributed by atoms with Gasteiger partial charge in [-0.3, -0.25) is 9.98 Å². The highest BCUT2D eigenvalue weighted by Crippen LogP contribution is 2.16. The summed E-state index contributed by atoms with van der Waals surface area (Å²) < 4.78 is 0. The van der Waals surface area contributed by atoms with E-state index < -0.39 is 0 Å². The Hall–Kier alpha value is -2.88. The van der Waals surface area contributed by atoms with Crippen molar-refractivity contribution in [3.8, 4) is 0 Å². The van der Waals surface area contributed by atoms with Gasteiger partial charge in [0.05, 0.1) is 12.2 Å². The van der Waals surface area contributed by atoms with E-state index in [1.807, 2.05) is 24.4 Å². The average molecular weight is 346 g/mol. The van der Waals surface area contributed by atoms with E-state index in [0.29, 0.717) is 12.5 Å². The maximum Gasteiger partial charge on any atom is 0.191 e. The maximum atomic E-state index is 4.52. The molecule has 0 aliphatic rings. The van der Waals surface area contributed by atoms with Gasteiger partial charge in [0.1, 0.15) is 0 Å². The summed E-state index contributed by atoms with van der Waals surface area (Å²) in [5.41, 5.74) is 3.65. The van der Waals surface area contributed by atoms with Gasteiger partial charge < -0.3 is 10.6 Å². The molecule has 1 heterocycles. The number of guanidine groups is 1. The minimum Gasteiger partial charge on any atom is -0.356 e. The molecule has 0 spiro atoms. The van der Waals surface area contributed by atoms with Crippen molar-refractivity contribution < 1.29 is 0 Å². The third kappa shape index (κ3) is 4.39. The van der Waals surface area contributed by atoms with Crippen molar-refractivity contribution in [3.05, 3.63) is 77.6 Å². The summed E-state index contributed by atoms with van der Waals surface area (Å²) in [6.45, 7) is 5.81. The zero-order valence-corrected chi connectivity index (χ0v) is 15.7. The molecule has 0 fully saturated rings. The third-order valence-electron chi connectivity index (χ3n) is 4.59. The number of rotatable bonds is 5. The predicted molar refractivity (Wildman–Crippen MR) is 110 cm³/mol. The Morgan fingerprint density at radius 3 is 2.73 bits per heavy atom. The van der Waals surface area contributed by atoms with Crippen molar-refractivity contribution in [1.29, 1.82) is 0 Å². The second-order valence-corrected chi connectivity index (χ2v) is 6.60. The molecule has 0 bridgehead atoms. The molecular formula is C22H26N4. The van der Waals surface area contributed by atoms with Gasteiger partial charge in [-0.05, 0) is 29.9 Å². The minimum atomic E-state index is 0.407. The van der Waals surface area contributed by atoms with Crippen molar-refractivity contribution in [2.45, 2.75) is 26.3 Å². The quantitative estimate of drug-likeness (QED) is 0.542. The smallest absolute Gasteiger partial charge is 0.191 e. The first kappa shape index (κ1) is 17.9. The van der Waals surface area contributed by atoms with Crippen LogP contribution in [0.1, 0.15) is 29.7 Å². The van der Waals surface area contributed by atoms with Crippen molar-refractivity contribution in [3.63, 3.8) is 0 Å². The Morgan fingerprint density at radius 1 is 1.08 bits per heavy atom. The molecule has 0 aliphatic carbocycles. The van der Waals surface area contributed by atoms with E-state index >= 15 is 0 Å². The van der Waals surface area contributed by atoms with Crippen LogP contribution in [0.5, 0.6) is 0 Å². The van der Waals surface area contributed by atoms with E-state index in [4.69, 9.17) is 0 Å². The second kappa shape index (κ2) is 8.48. The van der Waals surface area contributed by atoms with Gasteiger partial charge in [-0.2, -0.15) is 0 Å². The van der Waals surface area contributed by atoms with Gasteiger partial charge in [-0.15, -0.1) is 0 Å². The molecule has 3 rings (SSSR count). The van der Waals surface area contributed by atoms with E-state index in [1.165, 1.54) is 21.9 Å². The van der Waals surface area contributed by atoms with E-state index in [-0.39, 0.29) is 0 Å². The standard InChI is InChI=1S/C22H26N4/c1-16-7-6-9-19(13-16)17(2)14-25-22(23-3)26-15-21-20-10-5-4-8-18(20)11-12-24-21/h4-13,17H,14-15H2,1-3H3,(H2,23,25,26). The number of nitrogens with one attached hydrogen (secondary N) is 2. The molecule has 2 N–H and O–H groups in total. The molecule has 3 aromatic rings. The molecule has 4 heteroatoms. The van der Waals surface area contributed by atoms with Crippen LogP contribution in [0.15, 0.2) is 65.8 Å². The highest BCUT2D eigenvalue weighted by atomic mass is 15.2. The van der Waals surface area contributed by atoms with Gasteiger partial charge in [0.15, 0.2) is 5.96 Å². The van der Waals surface area contributed by atoms with E-state index in [2.05, 4.69) is 70.9 Å². The maximum absolute atomic E-state index is 4.52. The zero-order chi connectivity index (χ0) is 18.4. The van der Waals surface area contributed by atoms with Crippen LogP contribution < -0.4 is 10.6 Å². The summed E-state index contributed by atoms with van der Waals surface area (Å²) >= 11 is 0. The lowest BCUT2D eigenvalue weighted by molar-refractivity contribution is 0.697. The highest BCUT2D eigenvalue weighted by molar-refractivity contribution is 5.85. The number of pyridine rings is 1. The molecule has 134 valence electrons. The van der Waals surface area contributed by atoms with Gasteiger partial charge in [0.2, 0.25) is 0 Å². The number of hydrogen-bond acceptors (Lipinski definition) is 2. The largest absolute Gasteiger partial charge is 0.356 e. The summed E-state index contributed by atoms with van der Waals surface area (Å²) in [7, 11) is 1.79. The normalized spacial score (nSPS) is 12.8. The molecule has 26 heavy (non-hydrogen) atoms. The third-order valence-corrected chi connectivity index (χ3v) is 4.59. The lowest BCUT2D eigenvalue weighted by Crippen LogP contribution is -2.38. The summed E-state index contributed by atoms with van der Waals surface area (Å²) in [4.78, 5) is 8.85. The second-order valence-electron chi connectivity index (χ2n) is 6.60. The Bertz CT molecular complexity index is 896. The summed E-state index contributed by atoms with van der Waals surface area (Å²) in [6.07, 6.45) is 1.86. The van der Waals surface area contributed by atoms with Crippen molar-refractivity contribution in [1.82, 2.24) is 15.6 Å². The number of benzene rings is 2. The van der Waals surface area contributed by atoms with Crippen molar-refractivity contribution in [2.75, 3.05) is 13.6 Å². The molecule has 1 atom stereocenters. The fourth-order valence-electron chi connectivity index (χ4n) is 3.06. The SMILES string of the molecule is CN=C(NCc1nccc2ccccc12)NCC(C)c1cccc(C)c1. The first-order chi connectivity index (χ1) is 12.7. The predicted octanol–water partition coefficient (Wildman–Crippen LogP) is 4.01. The zero-order valence-electron chi connectivity index (χ0n) is 15.7. The first-order valence-electron chi connectivity index (χ1n) is 9.01. The molecule has 1 unspecified atom stereocenters. The fourth-order valence-corrected chi connectivity index (χ4v) is 3.06. The van der Waals surface area contributed by atoms with Crippen LogP contribution in [-0.2, 0) is 6.54 Å². The molecule has 0 aliphatic heterocycles. The highest BCUT2D eigenvalue weighted by Gasteiger charge is 2.08. The van der Waals surface area contributed by atoms with Crippen LogP contribution >= 0.6 is 0 Å². The van der Waals surface area contributed by atoms with Crippen molar-refractivity contribution >= 4 is 16.7 Å². The van der Waals surface area contributed by atoms with Crippen LogP contribution in [0.2, 0.25) is 0 Å². The first-order valence-corrected chi connectivity index (χ1v) is 9.01.